The molecule has 0 saturated carbocycles. The summed E-state index contributed by atoms with van der Waals surface area (Å²) >= 11 is 3.35. The van der Waals surface area contributed by atoms with Gasteiger partial charge in [-0.3, -0.25) is 9.59 Å². The molecule has 0 fully saturated rings. The summed E-state index contributed by atoms with van der Waals surface area (Å²) in [6.07, 6.45) is 3.82. The lowest BCUT2D eigenvalue weighted by Crippen LogP contribution is -2.13. The van der Waals surface area contributed by atoms with Crippen LogP contribution in [0.25, 0.3) is 6.08 Å². The summed E-state index contributed by atoms with van der Waals surface area (Å²) in [5.41, 5.74) is 2.31. The van der Waals surface area contributed by atoms with Crippen molar-refractivity contribution < 1.29 is 9.59 Å². The van der Waals surface area contributed by atoms with Crippen molar-refractivity contribution in [2.24, 2.45) is 5.92 Å². The number of benzene rings is 2. The Labute approximate surface area is 150 Å². The first-order valence-corrected chi connectivity index (χ1v) is 8.61. The lowest BCUT2D eigenvalue weighted by Gasteiger charge is -2.07. The number of ketones is 1. The van der Waals surface area contributed by atoms with Gasteiger partial charge in [-0.1, -0.05) is 48.0 Å². The van der Waals surface area contributed by atoms with Gasteiger partial charge >= 0.3 is 0 Å². The van der Waals surface area contributed by atoms with Gasteiger partial charge in [0.1, 0.15) is 0 Å². The molecule has 2 rings (SSSR count). The van der Waals surface area contributed by atoms with E-state index in [0.717, 1.165) is 15.7 Å². The molecule has 0 aliphatic carbocycles. The van der Waals surface area contributed by atoms with Crippen LogP contribution in [-0.4, -0.2) is 11.7 Å². The zero-order valence-corrected chi connectivity index (χ0v) is 15.3. The third kappa shape index (κ3) is 5.78. The van der Waals surface area contributed by atoms with E-state index in [9.17, 15) is 9.59 Å². The predicted molar refractivity (Wildman–Crippen MR) is 102 cm³/mol. The summed E-state index contributed by atoms with van der Waals surface area (Å²) in [6.45, 7) is 4.02. The molecule has 0 aliphatic rings. The third-order valence-electron chi connectivity index (χ3n) is 3.34. The van der Waals surface area contributed by atoms with E-state index in [1.807, 2.05) is 50.2 Å². The number of carbonyl (C=O) groups excluding carboxylic acids is 2. The molecule has 1 amide bonds. The highest BCUT2D eigenvalue weighted by Gasteiger charge is 2.05. The van der Waals surface area contributed by atoms with Gasteiger partial charge in [0.2, 0.25) is 5.91 Å². The Bertz CT molecular complexity index is 731. The van der Waals surface area contributed by atoms with Gasteiger partial charge in [-0.15, -0.1) is 0 Å². The number of halogens is 1. The monoisotopic (exact) mass is 385 g/mol. The first-order chi connectivity index (χ1) is 11.4. The molecule has 2 aromatic carbocycles. The maximum Gasteiger partial charge on any atom is 0.224 e. The van der Waals surface area contributed by atoms with Crippen LogP contribution in [0.5, 0.6) is 0 Å². The minimum absolute atomic E-state index is 0.0127. The summed E-state index contributed by atoms with van der Waals surface area (Å²) in [7, 11) is 0. The molecule has 1 N–H and O–H groups in total. The highest BCUT2D eigenvalue weighted by Crippen LogP contribution is 2.14. The van der Waals surface area contributed by atoms with E-state index >= 15 is 0 Å². The molecule has 0 saturated heterocycles. The summed E-state index contributed by atoms with van der Waals surface area (Å²) in [5, 5.41) is 2.86. The Hall–Kier alpha value is -2.20. The van der Waals surface area contributed by atoms with Crippen LogP contribution in [0.2, 0.25) is 0 Å². The quantitative estimate of drug-likeness (QED) is 0.539. The van der Waals surface area contributed by atoms with E-state index < -0.39 is 0 Å². The zero-order chi connectivity index (χ0) is 17.5. The first kappa shape index (κ1) is 18.1. The number of hydrogen-bond donors (Lipinski definition) is 1. The number of amides is 1. The number of nitrogens with one attached hydrogen (secondary N) is 1. The fraction of sp³-hybridized carbons (Fsp3) is 0.200. The van der Waals surface area contributed by atoms with Crippen molar-refractivity contribution in [3.05, 3.63) is 70.2 Å². The topological polar surface area (TPSA) is 46.2 Å². The molecule has 2 aromatic rings. The molecule has 0 aliphatic heterocycles. The maximum absolute atomic E-state index is 12.1. The Morgan fingerprint density at radius 2 is 1.67 bits per heavy atom. The van der Waals surface area contributed by atoms with Gasteiger partial charge in [0.25, 0.3) is 0 Å². The normalized spacial score (nSPS) is 11.0. The fourth-order valence-electron chi connectivity index (χ4n) is 2.14. The van der Waals surface area contributed by atoms with Gasteiger partial charge in [0, 0.05) is 22.1 Å². The van der Waals surface area contributed by atoms with E-state index in [2.05, 4.69) is 21.2 Å². The Kier molecular flexibility index (Phi) is 6.50. The van der Waals surface area contributed by atoms with Gasteiger partial charge in [-0.25, -0.2) is 0 Å². The van der Waals surface area contributed by atoms with Crippen molar-refractivity contribution in [3.63, 3.8) is 0 Å². The summed E-state index contributed by atoms with van der Waals surface area (Å²) < 4.78 is 0.943. The second kappa shape index (κ2) is 8.60. The Balaban J connectivity index is 1.97. The van der Waals surface area contributed by atoms with Crippen LogP contribution in [0, 0.1) is 5.92 Å². The molecule has 0 heterocycles. The fourth-order valence-corrected chi connectivity index (χ4v) is 2.41. The van der Waals surface area contributed by atoms with Crippen molar-refractivity contribution in [3.8, 4) is 0 Å². The average Bonchev–Trinajstić information content (AvgIpc) is 2.54. The number of carbonyl (C=O) groups is 2. The number of allylic oxidation sites excluding steroid dienone is 1. The highest BCUT2D eigenvalue weighted by atomic mass is 79.9. The predicted octanol–water partition coefficient (Wildman–Crippen LogP) is 5.33. The van der Waals surface area contributed by atoms with Crippen LogP contribution in [0.15, 0.2) is 59.1 Å². The molecule has 0 atom stereocenters. The van der Waals surface area contributed by atoms with Gasteiger partial charge in [0.15, 0.2) is 5.78 Å². The molecule has 4 heteroatoms. The van der Waals surface area contributed by atoms with Crippen LogP contribution in [-0.2, 0) is 4.79 Å². The average molecular weight is 386 g/mol. The van der Waals surface area contributed by atoms with Crippen molar-refractivity contribution in [2.45, 2.75) is 20.3 Å². The van der Waals surface area contributed by atoms with E-state index in [-0.39, 0.29) is 11.7 Å². The molecule has 0 radical (unpaired) electrons. The molecular weight excluding hydrogens is 366 g/mol. The summed E-state index contributed by atoms with van der Waals surface area (Å²) in [6, 6.07) is 14.7. The van der Waals surface area contributed by atoms with E-state index in [1.165, 1.54) is 0 Å². The highest BCUT2D eigenvalue weighted by molar-refractivity contribution is 9.10. The molecule has 24 heavy (non-hydrogen) atoms. The Morgan fingerprint density at radius 3 is 2.25 bits per heavy atom. The number of anilines is 1. The summed E-state index contributed by atoms with van der Waals surface area (Å²) in [5.74, 6) is 0.298. The van der Waals surface area contributed by atoms with Gasteiger partial charge < -0.3 is 5.32 Å². The van der Waals surface area contributed by atoms with Crippen LogP contribution < -0.4 is 5.32 Å². The molecule has 0 aromatic heterocycles. The molecule has 0 spiro atoms. The molecule has 124 valence electrons. The van der Waals surface area contributed by atoms with Crippen LogP contribution in [0.3, 0.4) is 0 Å². The lowest BCUT2D eigenvalue weighted by molar-refractivity contribution is -0.116. The maximum atomic E-state index is 12.1. The lowest BCUT2D eigenvalue weighted by atomic mass is 10.1. The van der Waals surface area contributed by atoms with Crippen LogP contribution in [0.1, 0.15) is 36.2 Å². The van der Waals surface area contributed by atoms with Crippen LogP contribution in [0.4, 0.5) is 5.69 Å². The van der Waals surface area contributed by atoms with Crippen molar-refractivity contribution in [1.29, 1.82) is 0 Å². The SMILES string of the molecule is CC(C)CC(=O)Nc1ccc(/C=C/C(=O)c2ccc(Br)cc2)cc1. The summed E-state index contributed by atoms with van der Waals surface area (Å²) in [4.78, 5) is 23.8. The van der Waals surface area contributed by atoms with E-state index in [1.54, 1.807) is 24.3 Å². The smallest absolute Gasteiger partial charge is 0.224 e. The van der Waals surface area contributed by atoms with Crippen molar-refractivity contribution in [2.75, 3.05) is 5.32 Å². The van der Waals surface area contributed by atoms with E-state index in [4.69, 9.17) is 0 Å². The largest absolute Gasteiger partial charge is 0.326 e. The third-order valence-corrected chi connectivity index (χ3v) is 3.87. The Morgan fingerprint density at radius 1 is 1.04 bits per heavy atom. The zero-order valence-electron chi connectivity index (χ0n) is 13.8. The second-order valence-electron chi connectivity index (χ2n) is 5.97. The number of rotatable bonds is 6. The molecular formula is C20H20BrNO2. The van der Waals surface area contributed by atoms with Crippen molar-refractivity contribution in [1.82, 2.24) is 0 Å². The van der Waals surface area contributed by atoms with Gasteiger partial charge in [0.05, 0.1) is 0 Å². The van der Waals surface area contributed by atoms with Gasteiger partial charge in [-0.05, 0) is 54.0 Å². The van der Waals surface area contributed by atoms with Crippen molar-refractivity contribution >= 4 is 39.4 Å². The van der Waals surface area contributed by atoms with Gasteiger partial charge in [-0.2, -0.15) is 0 Å². The molecule has 3 nitrogen and oxygen atoms in total. The number of hydrogen-bond acceptors (Lipinski definition) is 2. The van der Waals surface area contributed by atoms with Crippen LogP contribution >= 0.6 is 15.9 Å². The molecule has 0 unspecified atom stereocenters. The second-order valence-corrected chi connectivity index (χ2v) is 6.89. The minimum atomic E-state index is -0.0446. The van der Waals surface area contributed by atoms with E-state index in [0.29, 0.717) is 17.9 Å². The standard InChI is InChI=1S/C20H20BrNO2/c1-14(2)13-20(24)22-18-10-3-15(4-11-18)5-12-19(23)16-6-8-17(21)9-7-16/h3-12,14H,13H2,1-2H3,(H,22,24)/b12-5+. The molecule has 0 bridgehead atoms. The first-order valence-electron chi connectivity index (χ1n) is 7.82. The minimum Gasteiger partial charge on any atom is -0.326 e.